The van der Waals surface area contributed by atoms with Gasteiger partial charge < -0.3 is 10.2 Å². The zero-order chi connectivity index (χ0) is 16.7. The molecule has 1 aliphatic heterocycles. The van der Waals surface area contributed by atoms with E-state index in [0.29, 0.717) is 19.0 Å². The van der Waals surface area contributed by atoms with Crippen molar-refractivity contribution in [3.8, 4) is 0 Å². The molecule has 24 heavy (non-hydrogen) atoms. The molecule has 1 atom stereocenters. The minimum Gasteiger partial charge on any atom is -0.356 e. The highest BCUT2D eigenvalue weighted by Gasteiger charge is 2.23. The van der Waals surface area contributed by atoms with Crippen molar-refractivity contribution in [3.63, 3.8) is 0 Å². The Morgan fingerprint density at radius 1 is 1.25 bits per heavy atom. The van der Waals surface area contributed by atoms with Gasteiger partial charge in [0.15, 0.2) is 5.96 Å². The largest absolute Gasteiger partial charge is 0.356 e. The molecule has 1 aromatic carbocycles. The molecule has 1 saturated heterocycles. The molecule has 7 heteroatoms. The Bertz CT molecular complexity index is 504. The van der Waals surface area contributed by atoms with E-state index in [4.69, 9.17) is 0 Å². The SMILES string of the molecule is CN=C(NCCCF)N1CCN(C(C)c2ccc(Br)cc2)CC1.I. The van der Waals surface area contributed by atoms with E-state index < -0.39 is 0 Å². The van der Waals surface area contributed by atoms with Crippen LogP contribution in [0.2, 0.25) is 0 Å². The van der Waals surface area contributed by atoms with Crippen LogP contribution in [0.1, 0.15) is 24.9 Å². The third-order valence-corrected chi connectivity index (χ3v) is 4.85. The van der Waals surface area contributed by atoms with E-state index >= 15 is 0 Å². The lowest BCUT2D eigenvalue weighted by Crippen LogP contribution is -2.53. The minimum atomic E-state index is -0.289. The Morgan fingerprint density at radius 2 is 1.88 bits per heavy atom. The molecule has 0 amide bonds. The Morgan fingerprint density at radius 3 is 2.42 bits per heavy atom. The molecule has 0 aromatic heterocycles. The Kier molecular flexibility index (Phi) is 10.1. The zero-order valence-corrected chi connectivity index (χ0v) is 18.3. The maximum absolute atomic E-state index is 12.2. The van der Waals surface area contributed by atoms with Gasteiger partial charge in [-0.15, -0.1) is 24.0 Å². The summed E-state index contributed by atoms with van der Waals surface area (Å²) in [5.74, 6) is 0.884. The van der Waals surface area contributed by atoms with Gasteiger partial charge in [0.2, 0.25) is 0 Å². The van der Waals surface area contributed by atoms with Gasteiger partial charge in [-0.25, -0.2) is 0 Å². The van der Waals surface area contributed by atoms with Crippen LogP contribution in [0.5, 0.6) is 0 Å². The summed E-state index contributed by atoms with van der Waals surface area (Å²) in [5.41, 5.74) is 1.34. The van der Waals surface area contributed by atoms with Crippen molar-refractivity contribution in [3.05, 3.63) is 34.3 Å². The summed E-state index contributed by atoms with van der Waals surface area (Å²) in [7, 11) is 1.79. The van der Waals surface area contributed by atoms with E-state index in [1.165, 1.54) is 5.56 Å². The third-order valence-electron chi connectivity index (χ3n) is 4.32. The van der Waals surface area contributed by atoms with Crippen LogP contribution in [0.15, 0.2) is 33.7 Å². The smallest absolute Gasteiger partial charge is 0.193 e. The number of hydrogen-bond donors (Lipinski definition) is 1. The van der Waals surface area contributed by atoms with Gasteiger partial charge in [0.25, 0.3) is 0 Å². The Hall–Kier alpha value is -0.410. The van der Waals surface area contributed by atoms with E-state index in [1.807, 2.05) is 0 Å². The molecule has 4 nitrogen and oxygen atoms in total. The van der Waals surface area contributed by atoms with E-state index in [9.17, 15) is 4.39 Å². The second-order valence-electron chi connectivity index (χ2n) is 5.77. The van der Waals surface area contributed by atoms with Crippen LogP contribution in [-0.2, 0) is 0 Å². The lowest BCUT2D eigenvalue weighted by Gasteiger charge is -2.39. The fourth-order valence-corrected chi connectivity index (χ4v) is 3.14. The number of halogens is 3. The van der Waals surface area contributed by atoms with Crippen LogP contribution in [-0.4, -0.2) is 62.2 Å². The van der Waals surface area contributed by atoms with E-state index in [1.54, 1.807) is 7.05 Å². The Labute approximate surface area is 170 Å². The van der Waals surface area contributed by atoms with Gasteiger partial charge in [0.1, 0.15) is 0 Å². The first-order valence-electron chi connectivity index (χ1n) is 8.16. The van der Waals surface area contributed by atoms with Crippen molar-refractivity contribution in [2.75, 3.05) is 46.4 Å². The molecule has 136 valence electrons. The van der Waals surface area contributed by atoms with Crippen LogP contribution in [0.3, 0.4) is 0 Å². The summed E-state index contributed by atoms with van der Waals surface area (Å²) < 4.78 is 13.3. The second-order valence-corrected chi connectivity index (χ2v) is 6.68. The summed E-state index contributed by atoms with van der Waals surface area (Å²) in [4.78, 5) is 9.05. The average molecular weight is 513 g/mol. The quantitative estimate of drug-likeness (QED) is 0.282. The van der Waals surface area contributed by atoms with Crippen LogP contribution >= 0.6 is 39.9 Å². The number of benzene rings is 1. The number of hydrogen-bond acceptors (Lipinski definition) is 2. The molecule has 2 rings (SSSR count). The number of nitrogens with one attached hydrogen (secondary N) is 1. The molecule has 0 radical (unpaired) electrons. The summed E-state index contributed by atoms with van der Waals surface area (Å²) in [5, 5.41) is 3.23. The molecule has 1 fully saturated rings. The second kappa shape index (κ2) is 11.3. The summed E-state index contributed by atoms with van der Waals surface area (Å²) in [6.07, 6.45) is 0.527. The average Bonchev–Trinajstić information content (AvgIpc) is 2.59. The molecule has 0 bridgehead atoms. The predicted molar refractivity (Wildman–Crippen MR) is 113 cm³/mol. The van der Waals surface area contributed by atoms with Crippen molar-refractivity contribution < 1.29 is 4.39 Å². The van der Waals surface area contributed by atoms with E-state index in [-0.39, 0.29) is 30.7 Å². The standard InChI is InChI=1S/C17H26BrFN4.HI/c1-14(15-4-6-16(18)7-5-15)22-10-12-23(13-11-22)17(20-2)21-9-3-8-19;/h4-7,14H,3,8-13H2,1-2H3,(H,20,21);1H. The normalized spacial score (nSPS) is 17.3. The third kappa shape index (κ3) is 6.15. The number of alkyl halides is 1. The van der Waals surface area contributed by atoms with Crippen LogP contribution in [0.25, 0.3) is 0 Å². The fourth-order valence-electron chi connectivity index (χ4n) is 2.87. The molecule has 1 aliphatic rings. The number of nitrogens with zero attached hydrogens (tertiary/aromatic N) is 3. The van der Waals surface area contributed by atoms with Crippen LogP contribution < -0.4 is 5.32 Å². The molecular weight excluding hydrogens is 486 g/mol. The summed E-state index contributed by atoms with van der Waals surface area (Å²) in [6, 6.07) is 8.96. The first-order chi connectivity index (χ1) is 11.2. The lowest BCUT2D eigenvalue weighted by atomic mass is 10.1. The maximum Gasteiger partial charge on any atom is 0.193 e. The number of aliphatic imine (C=N–C) groups is 1. The molecule has 1 heterocycles. The lowest BCUT2D eigenvalue weighted by molar-refractivity contribution is 0.138. The van der Waals surface area contributed by atoms with Crippen molar-refractivity contribution in [1.29, 1.82) is 0 Å². The van der Waals surface area contributed by atoms with Crippen molar-refractivity contribution in [2.24, 2.45) is 4.99 Å². The van der Waals surface area contributed by atoms with Crippen LogP contribution in [0, 0.1) is 0 Å². The van der Waals surface area contributed by atoms with Crippen molar-refractivity contribution in [2.45, 2.75) is 19.4 Å². The monoisotopic (exact) mass is 512 g/mol. The van der Waals surface area contributed by atoms with Gasteiger partial charge in [-0.1, -0.05) is 28.1 Å². The molecular formula is C17H27BrFIN4. The highest BCUT2D eigenvalue weighted by molar-refractivity contribution is 14.0. The molecule has 0 saturated carbocycles. The van der Waals surface area contributed by atoms with Crippen molar-refractivity contribution in [1.82, 2.24) is 15.1 Å². The van der Waals surface area contributed by atoms with Gasteiger partial charge in [0, 0.05) is 50.3 Å². The van der Waals surface area contributed by atoms with Crippen LogP contribution in [0.4, 0.5) is 4.39 Å². The van der Waals surface area contributed by atoms with Gasteiger partial charge >= 0.3 is 0 Å². The fraction of sp³-hybridized carbons (Fsp3) is 0.588. The van der Waals surface area contributed by atoms with Crippen molar-refractivity contribution >= 4 is 45.9 Å². The molecule has 1 N–H and O–H groups in total. The molecule has 1 aromatic rings. The van der Waals surface area contributed by atoms with Gasteiger partial charge in [-0.3, -0.25) is 14.3 Å². The molecule has 0 aliphatic carbocycles. The molecule has 0 spiro atoms. The highest BCUT2D eigenvalue weighted by Crippen LogP contribution is 2.23. The number of guanidine groups is 1. The maximum atomic E-state index is 12.2. The first-order valence-corrected chi connectivity index (χ1v) is 8.96. The minimum absolute atomic E-state index is 0. The zero-order valence-electron chi connectivity index (χ0n) is 14.3. The number of piperazine rings is 1. The van der Waals surface area contributed by atoms with Gasteiger partial charge in [-0.2, -0.15) is 0 Å². The summed E-state index contributed by atoms with van der Waals surface area (Å²) >= 11 is 3.48. The Balaban J connectivity index is 0.00000288. The van der Waals surface area contributed by atoms with E-state index in [0.717, 1.165) is 36.6 Å². The molecule has 1 unspecified atom stereocenters. The van der Waals surface area contributed by atoms with Gasteiger partial charge in [0.05, 0.1) is 6.67 Å². The first kappa shape index (κ1) is 21.6. The topological polar surface area (TPSA) is 30.9 Å². The highest BCUT2D eigenvalue weighted by atomic mass is 127. The number of rotatable bonds is 5. The van der Waals surface area contributed by atoms with Gasteiger partial charge in [-0.05, 0) is 31.0 Å². The predicted octanol–water partition coefficient (Wildman–Crippen LogP) is 3.68. The summed E-state index contributed by atoms with van der Waals surface area (Å²) in [6.45, 7) is 6.49. The van der Waals surface area contributed by atoms with E-state index in [2.05, 4.69) is 67.2 Å².